The first-order valence-electron chi connectivity index (χ1n) is 24.1. The minimum absolute atomic E-state index is 0.00817. The standard InChI is InChI=1S/C51H53FN10O13/c1-3-28-30-16-37-47-31(22-61(37)50(72)32(30)23-75-51(28)73)46-34(10-9-29-26(2)33(52)17-35(60-47)45(29)46)58-42(67)24-74-25-57-40(65)20-55-48(70)36(15-27-7-5-4-6-8-27)59-41(66)21-54-39(64)19-56-49(71)38(18-53-13-14-63)62-43(68)11-12-44(62)69/h4-8,11-12,14,16-17,28,34,36,38,53H,3,9-10,13,15,18-25H2,1-2H3,(H,54,64)(H,55,70)(H,56,71)(H,57,65)(H,58,67)(H,59,66). The summed E-state index contributed by atoms with van der Waals surface area (Å²) >= 11 is 0. The van der Waals surface area contributed by atoms with Crippen molar-refractivity contribution in [3.8, 4) is 11.4 Å². The van der Waals surface area contributed by atoms with E-state index in [1.54, 1.807) is 47.9 Å². The number of benzene rings is 2. The van der Waals surface area contributed by atoms with Crippen LogP contribution in [-0.4, -0.2) is 132 Å². The second-order valence-corrected chi connectivity index (χ2v) is 18.1. The monoisotopic (exact) mass is 1030 g/mol. The third-order valence-electron chi connectivity index (χ3n) is 13.4. The van der Waals surface area contributed by atoms with Gasteiger partial charge in [-0.25, -0.2) is 9.37 Å². The molecule has 75 heavy (non-hydrogen) atoms. The molecule has 4 unspecified atom stereocenters. The predicted octanol–water partition coefficient (Wildman–Crippen LogP) is -1.22. The molecule has 2 aromatic heterocycles. The molecule has 23 nitrogen and oxygen atoms in total. The fourth-order valence-corrected chi connectivity index (χ4v) is 9.72. The number of aryl methyl sites for hydroxylation is 1. The zero-order valence-corrected chi connectivity index (χ0v) is 40.8. The number of aromatic nitrogens is 2. The molecule has 4 atom stereocenters. The SMILES string of the molecule is CCC1C(=O)OCc2c1cc1n(c2=O)Cc2c-1nc1cc(F)c(C)c3c1c2C(NC(=O)COCNC(=O)CNC(=O)C(Cc1ccccc1)NC(=O)CNC(=O)CNC(=O)C(CNCC=O)N1C(=O)C=CC1=O)CC3. The number of nitrogens with zero attached hydrogens (tertiary/aromatic N) is 3. The van der Waals surface area contributed by atoms with Gasteiger partial charge in [-0.3, -0.25) is 52.8 Å². The summed E-state index contributed by atoms with van der Waals surface area (Å²) in [6.45, 7) is 0.300. The Hall–Kier alpha value is -8.51. The number of cyclic esters (lactones) is 1. The largest absolute Gasteiger partial charge is 0.460 e. The van der Waals surface area contributed by atoms with Crippen molar-refractivity contribution in [3.63, 3.8) is 0 Å². The van der Waals surface area contributed by atoms with Gasteiger partial charge in [0, 0.05) is 42.1 Å². The predicted molar refractivity (Wildman–Crippen MR) is 261 cm³/mol. The van der Waals surface area contributed by atoms with E-state index in [4.69, 9.17) is 14.5 Å². The molecule has 0 fully saturated rings. The number of ether oxygens (including phenoxy) is 2. The molecule has 4 aromatic rings. The summed E-state index contributed by atoms with van der Waals surface area (Å²) in [5, 5.41) is 18.4. The molecule has 3 aliphatic heterocycles. The summed E-state index contributed by atoms with van der Waals surface area (Å²) in [4.78, 5) is 146. The van der Waals surface area contributed by atoms with Gasteiger partial charge in [0.25, 0.3) is 17.4 Å². The van der Waals surface area contributed by atoms with Crippen LogP contribution in [0.1, 0.15) is 70.7 Å². The van der Waals surface area contributed by atoms with Gasteiger partial charge in [0.2, 0.25) is 35.4 Å². The van der Waals surface area contributed by atoms with Crippen LogP contribution in [0.2, 0.25) is 0 Å². The maximum Gasteiger partial charge on any atom is 0.313 e. The second-order valence-electron chi connectivity index (χ2n) is 18.1. The van der Waals surface area contributed by atoms with Crippen LogP contribution < -0.4 is 42.8 Å². The van der Waals surface area contributed by atoms with Crippen LogP contribution in [0.25, 0.3) is 22.3 Å². The molecular weight excluding hydrogens is 980 g/mol. The average molecular weight is 1030 g/mol. The number of imide groups is 1. The fourth-order valence-electron chi connectivity index (χ4n) is 9.72. The molecule has 1 aliphatic carbocycles. The van der Waals surface area contributed by atoms with Gasteiger partial charge in [0.15, 0.2) is 0 Å². The van der Waals surface area contributed by atoms with E-state index in [1.165, 1.54) is 6.07 Å². The van der Waals surface area contributed by atoms with E-state index < -0.39 is 116 Å². The Labute approximate surface area is 426 Å². The van der Waals surface area contributed by atoms with Gasteiger partial charge in [-0.1, -0.05) is 37.3 Å². The number of carbonyl (C=O) groups excluding carboxylic acids is 10. The lowest BCUT2D eigenvalue weighted by Crippen LogP contribution is -2.55. The smallest absolute Gasteiger partial charge is 0.313 e. The minimum Gasteiger partial charge on any atom is -0.460 e. The molecule has 0 saturated carbocycles. The van der Waals surface area contributed by atoms with Crippen molar-refractivity contribution in [2.24, 2.45) is 0 Å². The molecule has 0 spiro atoms. The first kappa shape index (κ1) is 52.8. The molecule has 7 N–H and O–H groups in total. The maximum absolute atomic E-state index is 15.4. The maximum atomic E-state index is 15.4. The highest BCUT2D eigenvalue weighted by atomic mass is 19.1. The lowest BCUT2D eigenvalue weighted by atomic mass is 9.81. The lowest BCUT2D eigenvalue weighted by Gasteiger charge is -2.29. The number of hydrogen-bond donors (Lipinski definition) is 7. The molecule has 0 bridgehead atoms. The number of hydrogen-bond acceptors (Lipinski definition) is 15. The van der Waals surface area contributed by atoms with Crippen LogP contribution in [0.3, 0.4) is 0 Å². The summed E-state index contributed by atoms with van der Waals surface area (Å²) in [6.07, 6.45) is 3.70. The van der Waals surface area contributed by atoms with Crippen LogP contribution >= 0.6 is 0 Å². The zero-order chi connectivity index (χ0) is 53.5. The number of pyridine rings is 2. The van der Waals surface area contributed by atoms with E-state index in [2.05, 4.69) is 37.2 Å². The van der Waals surface area contributed by atoms with Crippen molar-refractivity contribution < 1.29 is 61.8 Å². The molecule has 2 aromatic carbocycles. The highest BCUT2D eigenvalue weighted by Gasteiger charge is 2.39. The number of esters is 1. The number of amides is 8. The topological polar surface area (TPSA) is 311 Å². The van der Waals surface area contributed by atoms with Gasteiger partial charge in [0.05, 0.1) is 67.2 Å². The van der Waals surface area contributed by atoms with E-state index in [9.17, 15) is 52.7 Å². The van der Waals surface area contributed by atoms with Gasteiger partial charge in [-0.15, -0.1) is 0 Å². The summed E-state index contributed by atoms with van der Waals surface area (Å²) in [5.74, 6) is -7.48. The van der Waals surface area contributed by atoms with Crippen molar-refractivity contribution in [2.45, 2.75) is 76.7 Å². The Kier molecular flexibility index (Phi) is 16.3. The summed E-state index contributed by atoms with van der Waals surface area (Å²) in [5.41, 5.74) is 5.21. The number of halogens is 1. The quantitative estimate of drug-likeness (QED) is 0.0141. The summed E-state index contributed by atoms with van der Waals surface area (Å²) in [6, 6.07) is 8.57. The highest BCUT2D eigenvalue weighted by molar-refractivity contribution is 6.15. The van der Waals surface area contributed by atoms with Crippen LogP contribution in [0.15, 0.2) is 59.4 Å². The van der Waals surface area contributed by atoms with Crippen molar-refractivity contribution in [3.05, 3.63) is 110 Å². The number of carbonyl (C=O) groups is 10. The first-order valence-corrected chi connectivity index (χ1v) is 24.1. The molecule has 392 valence electrons. The first-order chi connectivity index (χ1) is 36.1. The third-order valence-corrected chi connectivity index (χ3v) is 13.4. The van der Waals surface area contributed by atoms with E-state index in [-0.39, 0.29) is 38.2 Å². The van der Waals surface area contributed by atoms with Gasteiger partial charge in [-0.2, -0.15) is 0 Å². The molecule has 8 amide bonds. The van der Waals surface area contributed by atoms with E-state index in [0.717, 1.165) is 17.7 Å². The Morgan fingerprint density at radius 1 is 0.880 bits per heavy atom. The summed E-state index contributed by atoms with van der Waals surface area (Å²) < 4.78 is 27.8. The molecule has 5 heterocycles. The molecule has 4 aliphatic rings. The normalized spacial score (nSPS) is 16.7. The van der Waals surface area contributed by atoms with Crippen molar-refractivity contribution in [1.82, 2.24) is 51.7 Å². The lowest BCUT2D eigenvalue weighted by molar-refractivity contribution is -0.148. The van der Waals surface area contributed by atoms with Crippen molar-refractivity contribution in [1.29, 1.82) is 0 Å². The molecule has 0 radical (unpaired) electrons. The van der Waals surface area contributed by atoms with Crippen molar-refractivity contribution >= 4 is 70.4 Å². The van der Waals surface area contributed by atoms with Crippen LogP contribution in [0.4, 0.5) is 4.39 Å². The average Bonchev–Trinajstić information content (AvgIpc) is 3.97. The van der Waals surface area contributed by atoms with E-state index in [1.807, 2.05) is 6.92 Å². The Morgan fingerprint density at radius 3 is 2.31 bits per heavy atom. The Bertz CT molecular complexity index is 3110. The number of aldehydes is 1. The van der Waals surface area contributed by atoms with Gasteiger partial charge < -0.3 is 56.1 Å². The number of fused-ring (bicyclic) bond motifs is 5. The third kappa shape index (κ3) is 11.5. The van der Waals surface area contributed by atoms with Crippen molar-refractivity contribution in [2.75, 3.05) is 46.1 Å². The van der Waals surface area contributed by atoms with E-state index in [0.29, 0.717) is 86.1 Å². The van der Waals surface area contributed by atoms with Gasteiger partial charge >= 0.3 is 5.97 Å². The Morgan fingerprint density at radius 2 is 1.59 bits per heavy atom. The van der Waals surface area contributed by atoms with Crippen LogP contribution in [-0.2, 0) is 83.4 Å². The minimum atomic E-state index is -1.39. The molecular formula is C51H53FN10O13. The summed E-state index contributed by atoms with van der Waals surface area (Å²) in [7, 11) is 0. The Balaban J connectivity index is 0.830. The molecule has 0 saturated heterocycles. The van der Waals surface area contributed by atoms with Crippen LogP contribution in [0.5, 0.6) is 0 Å². The number of nitrogens with one attached hydrogen (secondary N) is 7. The fraction of sp³-hybridized carbons (Fsp3) is 0.373. The van der Waals surface area contributed by atoms with Crippen LogP contribution in [0, 0.1) is 12.7 Å². The second kappa shape index (κ2) is 23.1. The zero-order valence-electron chi connectivity index (χ0n) is 40.8. The highest BCUT2D eigenvalue weighted by Crippen LogP contribution is 2.45. The molecule has 24 heteroatoms. The van der Waals surface area contributed by atoms with Gasteiger partial charge in [0.1, 0.15) is 44.1 Å². The number of rotatable bonds is 22. The van der Waals surface area contributed by atoms with E-state index >= 15 is 4.39 Å². The molecule has 8 rings (SSSR count). The van der Waals surface area contributed by atoms with Gasteiger partial charge in [-0.05, 0) is 60.1 Å².